The Kier molecular flexibility index (Phi) is 6.01. The first-order valence-electron chi connectivity index (χ1n) is 7.39. The molecule has 0 atom stereocenters. The van der Waals surface area contributed by atoms with E-state index >= 15 is 0 Å². The van der Waals surface area contributed by atoms with E-state index in [1.165, 1.54) is 24.3 Å². The van der Waals surface area contributed by atoms with Crippen LogP contribution >= 0.6 is 0 Å². The Morgan fingerprint density at radius 3 is 2.25 bits per heavy atom. The van der Waals surface area contributed by atoms with Gasteiger partial charge in [-0.05, 0) is 17.7 Å². The van der Waals surface area contributed by atoms with Gasteiger partial charge < -0.3 is 10.6 Å². The quantitative estimate of drug-likeness (QED) is 0.600. The number of hydrogen-bond donors (Lipinski definition) is 2. The summed E-state index contributed by atoms with van der Waals surface area (Å²) in [5.41, 5.74) is 1.23. The lowest BCUT2D eigenvalue weighted by Crippen LogP contribution is -2.30. The van der Waals surface area contributed by atoms with Crippen molar-refractivity contribution in [3.8, 4) is 0 Å². The summed E-state index contributed by atoms with van der Waals surface area (Å²) in [6, 6.07) is 14.8. The summed E-state index contributed by atoms with van der Waals surface area (Å²) in [5.74, 6) is -0.538. The van der Waals surface area contributed by atoms with Gasteiger partial charge in [0.05, 0.1) is 4.92 Å². The van der Waals surface area contributed by atoms with Crippen molar-refractivity contribution in [3.05, 3.63) is 75.8 Å². The minimum absolute atomic E-state index is 0.0770. The molecule has 24 heavy (non-hydrogen) atoms. The molecule has 0 unspecified atom stereocenters. The highest BCUT2D eigenvalue weighted by atomic mass is 16.6. The lowest BCUT2D eigenvalue weighted by Gasteiger charge is -2.07. The highest BCUT2D eigenvalue weighted by Gasteiger charge is 2.09. The average Bonchev–Trinajstić information content (AvgIpc) is 2.61. The number of amides is 2. The van der Waals surface area contributed by atoms with Crippen molar-refractivity contribution in [1.29, 1.82) is 0 Å². The molecular weight excluding hydrogens is 310 g/mol. The number of nitro groups is 1. The molecule has 0 radical (unpaired) electrons. The second kappa shape index (κ2) is 8.42. The van der Waals surface area contributed by atoms with E-state index in [2.05, 4.69) is 10.6 Å². The molecule has 0 aliphatic rings. The molecule has 0 aliphatic heterocycles. The third-order valence-corrected chi connectivity index (χ3v) is 3.31. The molecule has 7 nitrogen and oxygen atoms in total. The fourth-order valence-corrected chi connectivity index (χ4v) is 2.01. The van der Waals surface area contributed by atoms with Crippen molar-refractivity contribution in [2.75, 3.05) is 6.54 Å². The summed E-state index contributed by atoms with van der Waals surface area (Å²) in [4.78, 5) is 33.6. The lowest BCUT2D eigenvalue weighted by atomic mass is 10.2. The zero-order chi connectivity index (χ0) is 17.4. The minimum atomic E-state index is -0.529. The zero-order valence-corrected chi connectivity index (χ0v) is 12.9. The van der Waals surface area contributed by atoms with Gasteiger partial charge in [0.15, 0.2) is 0 Å². The van der Waals surface area contributed by atoms with E-state index in [1.807, 2.05) is 30.3 Å². The fraction of sp³-hybridized carbons (Fsp3) is 0.176. The maximum Gasteiger partial charge on any atom is 0.269 e. The molecule has 124 valence electrons. The number of hydrogen-bond acceptors (Lipinski definition) is 4. The van der Waals surface area contributed by atoms with Crippen molar-refractivity contribution < 1.29 is 14.5 Å². The smallest absolute Gasteiger partial charge is 0.269 e. The number of rotatable bonds is 7. The SMILES string of the molecule is O=C(CCNC(=O)c1ccc([N+](=O)[O-])cc1)NCc1ccccc1. The van der Waals surface area contributed by atoms with Gasteiger partial charge in [-0.2, -0.15) is 0 Å². The monoisotopic (exact) mass is 327 g/mol. The molecule has 0 aliphatic carbocycles. The van der Waals surface area contributed by atoms with Crippen LogP contribution in [0.25, 0.3) is 0 Å². The lowest BCUT2D eigenvalue weighted by molar-refractivity contribution is -0.384. The van der Waals surface area contributed by atoms with Crippen molar-refractivity contribution in [3.63, 3.8) is 0 Å². The molecule has 7 heteroatoms. The summed E-state index contributed by atoms with van der Waals surface area (Å²) < 4.78 is 0. The van der Waals surface area contributed by atoms with Crippen LogP contribution in [0.4, 0.5) is 5.69 Å². The summed E-state index contributed by atoms with van der Waals surface area (Å²) in [7, 11) is 0. The number of carbonyl (C=O) groups is 2. The zero-order valence-electron chi connectivity index (χ0n) is 12.9. The number of benzene rings is 2. The Hall–Kier alpha value is -3.22. The first-order chi connectivity index (χ1) is 11.6. The van der Waals surface area contributed by atoms with Gasteiger partial charge in [0.2, 0.25) is 5.91 Å². The summed E-state index contributed by atoms with van der Waals surface area (Å²) in [6.07, 6.45) is 0.158. The topological polar surface area (TPSA) is 101 Å². The predicted molar refractivity (Wildman–Crippen MR) is 88.3 cm³/mol. The maximum absolute atomic E-state index is 11.9. The van der Waals surface area contributed by atoms with Crippen molar-refractivity contribution in [2.45, 2.75) is 13.0 Å². The summed E-state index contributed by atoms with van der Waals surface area (Å²) >= 11 is 0. The number of nitro benzene ring substituents is 1. The van der Waals surface area contributed by atoms with Gasteiger partial charge in [-0.3, -0.25) is 19.7 Å². The van der Waals surface area contributed by atoms with Gasteiger partial charge >= 0.3 is 0 Å². The van der Waals surface area contributed by atoms with E-state index in [0.29, 0.717) is 12.1 Å². The number of nitrogens with zero attached hydrogens (tertiary/aromatic N) is 1. The van der Waals surface area contributed by atoms with Crippen molar-refractivity contribution in [2.24, 2.45) is 0 Å². The van der Waals surface area contributed by atoms with E-state index in [4.69, 9.17) is 0 Å². The van der Waals surface area contributed by atoms with Gasteiger partial charge in [0.1, 0.15) is 0 Å². The molecule has 0 saturated heterocycles. The molecular formula is C17H17N3O4. The molecule has 0 bridgehead atoms. The largest absolute Gasteiger partial charge is 0.352 e. The molecule has 2 N–H and O–H groups in total. The standard InChI is InChI=1S/C17H17N3O4/c21-16(19-12-13-4-2-1-3-5-13)10-11-18-17(22)14-6-8-15(9-7-14)20(23)24/h1-9H,10-12H2,(H,18,22)(H,19,21). The molecule has 0 spiro atoms. The first-order valence-corrected chi connectivity index (χ1v) is 7.39. The van der Waals surface area contributed by atoms with Crippen LogP contribution in [0.5, 0.6) is 0 Å². The van der Waals surface area contributed by atoms with Crippen LogP contribution in [0.15, 0.2) is 54.6 Å². The third-order valence-electron chi connectivity index (χ3n) is 3.31. The van der Waals surface area contributed by atoms with Gasteiger partial charge in [-0.15, -0.1) is 0 Å². The highest BCUT2D eigenvalue weighted by Crippen LogP contribution is 2.11. The molecule has 2 amide bonds. The number of nitrogens with one attached hydrogen (secondary N) is 2. The van der Waals surface area contributed by atoms with Gasteiger partial charge in [0.25, 0.3) is 11.6 Å². The Morgan fingerprint density at radius 1 is 0.958 bits per heavy atom. The summed E-state index contributed by atoms with van der Waals surface area (Å²) in [5, 5.41) is 15.9. The van der Waals surface area contributed by atoms with Crippen molar-refractivity contribution in [1.82, 2.24) is 10.6 Å². The van der Waals surface area contributed by atoms with E-state index in [9.17, 15) is 19.7 Å². The number of carbonyl (C=O) groups excluding carboxylic acids is 2. The minimum Gasteiger partial charge on any atom is -0.352 e. The maximum atomic E-state index is 11.9. The molecule has 2 rings (SSSR count). The van der Waals surface area contributed by atoms with Crippen LogP contribution in [-0.4, -0.2) is 23.3 Å². The van der Waals surface area contributed by atoms with Gasteiger partial charge in [0, 0.05) is 37.2 Å². The van der Waals surface area contributed by atoms with Crippen LogP contribution in [0, 0.1) is 10.1 Å². The van der Waals surface area contributed by atoms with Gasteiger partial charge in [-0.25, -0.2) is 0 Å². The Labute approximate surface area is 138 Å². The summed E-state index contributed by atoms with van der Waals surface area (Å²) in [6.45, 7) is 0.631. The van der Waals surface area contributed by atoms with Crippen molar-refractivity contribution >= 4 is 17.5 Å². The average molecular weight is 327 g/mol. The number of non-ortho nitro benzene ring substituents is 1. The Morgan fingerprint density at radius 2 is 1.62 bits per heavy atom. The van der Waals surface area contributed by atoms with E-state index in [1.54, 1.807) is 0 Å². The molecule has 0 saturated carbocycles. The second-order valence-corrected chi connectivity index (χ2v) is 5.07. The molecule has 0 heterocycles. The van der Waals surface area contributed by atoms with Crippen LogP contribution in [0.1, 0.15) is 22.3 Å². The second-order valence-electron chi connectivity index (χ2n) is 5.07. The highest BCUT2D eigenvalue weighted by molar-refractivity contribution is 5.94. The fourth-order valence-electron chi connectivity index (χ4n) is 2.01. The Bertz CT molecular complexity index is 714. The van der Waals surface area contributed by atoms with Crippen LogP contribution < -0.4 is 10.6 Å². The first kappa shape index (κ1) is 17.1. The van der Waals surface area contributed by atoms with Crippen LogP contribution in [-0.2, 0) is 11.3 Å². The normalized spacial score (nSPS) is 10.0. The van der Waals surface area contributed by atoms with Gasteiger partial charge in [-0.1, -0.05) is 30.3 Å². The van der Waals surface area contributed by atoms with Crippen LogP contribution in [0.3, 0.4) is 0 Å². The molecule has 0 fully saturated rings. The van der Waals surface area contributed by atoms with Crippen LogP contribution in [0.2, 0.25) is 0 Å². The molecule has 2 aromatic carbocycles. The molecule has 2 aromatic rings. The van der Waals surface area contributed by atoms with E-state index in [0.717, 1.165) is 5.56 Å². The Balaban J connectivity index is 1.72. The van der Waals surface area contributed by atoms with E-state index < -0.39 is 4.92 Å². The predicted octanol–water partition coefficient (Wildman–Crippen LogP) is 2.03. The van der Waals surface area contributed by atoms with E-state index in [-0.39, 0.29) is 30.5 Å². The third kappa shape index (κ3) is 5.20. The molecule has 0 aromatic heterocycles.